The molecule has 0 aliphatic carbocycles. The molecule has 0 aromatic rings. The Morgan fingerprint density at radius 3 is 3.00 bits per heavy atom. The Hall–Kier alpha value is -0.810. The van der Waals surface area contributed by atoms with Gasteiger partial charge in [0.25, 0.3) is 0 Å². The summed E-state index contributed by atoms with van der Waals surface area (Å²) in [6.07, 6.45) is 1.98. The van der Waals surface area contributed by atoms with Crippen LogP contribution in [0.2, 0.25) is 0 Å². The maximum absolute atomic E-state index is 12.1. The molecule has 5 nitrogen and oxygen atoms in total. The number of carbonyl (C=O) groups excluding carboxylic acids is 1. The average Bonchev–Trinajstić information content (AvgIpc) is 2.89. The van der Waals surface area contributed by atoms with Crippen LogP contribution < -0.4 is 5.32 Å². The third kappa shape index (κ3) is 3.36. The number of nitrogens with one attached hydrogen (secondary N) is 1. The number of nitrogens with zero attached hydrogens (tertiary/aromatic N) is 1. The third-order valence-electron chi connectivity index (χ3n) is 3.94. The van der Waals surface area contributed by atoms with E-state index in [0.29, 0.717) is 25.6 Å². The Morgan fingerprint density at radius 1 is 1.50 bits per heavy atom. The first-order valence-electron chi connectivity index (χ1n) is 6.87. The highest BCUT2D eigenvalue weighted by Gasteiger charge is 2.32. The summed E-state index contributed by atoms with van der Waals surface area (Å²) in [5.41, 5.74) is -0.188. The van der Waals surface area contributed by atoms with Crippen molar-refractivity contribution in [2.24, 2.45) is 5.92 Å². The first-order valence-corrected chi connectivity index (χ1v) is 6.87. The molecule has 2 aliphatic heterocycles. The minimum absolute atomic E-state index is 0.0323. The van der Waals surface area contributed by atoms with Gasteiger partial charge < -0.3 is 19.7 Å². The zero-order valence-electron chi connectivity index (χ0n) is 11.4. The Balaban J connectivity index is 1.77. The zero-order chi connectivity index (χ0) is 13.0. The summed E-state index contributed by atoms with van der Waals surface area (Å²) < 4.78 is 11.0. The second-order valence-corrected chi connectivity index (χ2v) is 5.49. The van der Waals surface area contributed by atoms with Gasteiger partial charge in [0.15, 0.2) is 0 Å². The van der Waals surface area contributed by atoms with E-state index in [2.05, 4.69) is 19.2 Å². The predicted octanol–water partition coefficient (Wildman–Crippen LogP) is 1.23. The van der Waals surface area contributed by atoms with Gasteiger partial charge in [-0.2, -0.15) is 0 Å². The summed E-state index contributed by atoms with van der Waals surface area (Å²) in [5, 5.41) is 3.01. The smallest absolute Gasteiger partial charge is 0.317 e. The Kier molecular flexibility index (Phi) is 4.45. The SMILES string of the molecule is CCC1(C)CN(C(=O)NCC2CCOC2)CCO1. The molecule has 0 aromatic heterocycles. The van der Waals surface area contributed by atoms with Crippen LogP contribution in [0.3, 0.4) is 0 Å². The van der Waals surface area contributed by atoms with Crippen molar-refractivity contribution in [2.45, 2.75) is 32.3 Å². The highest BCUT2D eigenvalue weighted by atomic mass is 16.5. The van der Waals surface area contributed by atoms with Gasteiger partial charge in [-0.25, -0.2) is 4.79 Å². The maximum Gasteiger partial charge on any atom is 0.317 e. The average molecular weight is 256 g/mol. The van der Waals surface area contributed by atoms with Crippen molar-refractivity contribution >= 4 is 6.03 Å². The molecule has 2 unspecified atom stereocenters. The standard InChI is InChI=1S/C13H24N2O3/c1-3-13(2)10-15(5-7-18-13)12(16)14-8-11-4-6-17-9-11/h11H,3-10H2,1-2H3,(H,14,16). The van der Waals surface area contributed by atoms with E-state index < -0.39 is 0 Å². The van der Waals surface area contributed by atoms with Crippen LogP contribution in [0.5, 0.6) is 0 Å². The van der Waals surface area contributed by atoms with E-state index in [4.69, 9.17) is 9.47 Å². The molecule has 18 heavy (non-hydrogen) atoms. The minimum atomic E-state index is -0.188. The van der Waals surface area contributed by atoms with Crippen molar-refractivity contribution in [3.8, 4) is 0 Å². The van der Waals surface area contributed by atoms with Crippen molar-refractivity contribution < 1.29 is 14.3 Å². The molecule has 2 heterocycles. The lowest BCUT2D eigenvalue weighted by Crippen LogP contribution is -2.54. The lowest BCUT2D eigenvalue weighted by Gasteiger charge is -2.40. The van der Waals surface area contributed by atoms with Gasteiger partial charge >= 0.3 is 6.03 Å². The molecular formula is C13H24N2O3. The quantitative estimate of drug-likeness (QED) is 0.826. The van der Waals surface area contributed by atoms with E-state index in [0.717, 1.165) is 32.6 Å². The molecule has 0 saturated carbocycles. The molecular weight excluding hydrogens is 232 g/mol. The monoisotopic (exact) mass is 256 g/mol. The van der Waals surface area contributed by atoms with Crippen molar-refractivity contribution in [3.05, 3.63) is 0 Å². The van der Waals surface area contributed by atoms with Gasteiger partial charge in [-0.1, -0.05) is 6.92 Å². The molecule has 104 valence electrons. The van der Waals surface area contributed by atoms with Crippen molar-refractivity contribution in [1.82, 2.24) is 10.2 Å². The lowest BCUT2D eigenvalue weighted by atomic mass is 10.0. The number of morpholine rings is 1. The second-order valence-electron chi connectivity index (χ2n) is 5.49. The van der Waals surface area contributed by atoms with E-state index in [-0.39, 0.29) is 11.6 Å². The van der Waals surface area contributed by atoms with E-state index in [1.807, 2.05) is 4.90 Å². The van der Waals surface area contributed by atoms with Crippen LogP contribution in [0.1, 0.15) is 26.7 Å². The fraction of sp³-hybridized carbons (Fsp3) is 0.923. The normalized spacial score (nSPS) is 32.6. The summed E-state index contributed by atoms with van der Waals surface area (Å²) in [6.45, 7) is 8.47. The Morgan fingerprint density at radius 2 is 2.33 bits per heavy atom. The maximum atomic E-state index is 12.1. The van der Waals surface area contributed by atoms with Gasteiger partial charge in [0, 0.05) is 25.6 Å². The number of ether oxygens (including phenoxy) is 2. The first-order chi connectivity index (χ1) is 8.63. The number of amides is 2. The van der Waals surface area contributed by atoms with Gasteiger partial charge in [-0.05, 0) is 19.8 Å². The Labute approximate surface area is 109 Å². The number of rotatable bonds is 3. The van der Waals surface area contributed by atoms with Crippen molar-refractivity contribution in [3.63, 3.8) is 0 Å². The molecule has 0 aromatic carbocycles. The molecule has 0 radical (unpaired) electrons. The Bertz CT molecular complexity index is 292. The number of hydrogen-bond donors (Lipinski definition) is 1. The molecule has 2 fully saturated rings. The minimum Gasteiger partial charge on any atom is -0.381 e. The summed E-state index contributed by atoms with van der Waals surface area (Å²) >= 11 is 0. The highest BCUT2D eigenvalue weighted by molar-refractivity contribution is 5.74. The van der Waals surface area contributed by atoms with Crippen LogP contribution in [0, 0.1) is 5.92 Å². The zero-order valence-corrected chi connectivity index (χ0v) is 11.4. The number of hydrogen-bond acceptors (Lipinski definition) is 3. The highest BCUT2D eigenvalue weighted by Crippen LogP contribution is 2.21. The van der Waals surface area contributed by atoms with Crippen LogP contribution in [-0.2, 0) is 9.47 Å². The van der Waals surface area contributed by atoms with E-state index in [9.17, 15) is 4.79 Å². The summed E-state index contributed by atoms with van der Waals surface area (Å²) in [5.74, 6) is 0.479. The molecule has 0 bridgehead atoms. The third-order valence-corrected chi connectivity index (χ3v) is 3.94. The molecule has 2 atom stereocenters. The van der Waals surface area contributed by atoms with Gasteiger partial charge in [-0.3, -0.25) is 0 Å². The van der Waals surface area contributed by atoms with Gasteiger partial charge in [-0.15, -0.1) is 0 Å². The van der Waals surface area contributed by atoms with Crippen LogP contribution in [0.25, 0.3) is 0 Å². The van der Waals surface area contributed by atoms with Crippen molar-refractivity contribution in [2.75, 3.05) is 39.5 Å². The predicted molar refractivity (Wildman–Crippen MR) is 68.5 cm³/mol. The first kappa shape index (κ1) is 13.6. The van der Waals surface area contributed by atoms with Crippen LogP contribution >= 0.6 is 0 Å². The lowest BCUT2D eigenvalue weighted by molar-refractivity contribution is -0.0873. The molecule has 2 rings (SSSR count). The van der Waals surface area contributed by atoms with Gasteiger partial charge in [0.05, 0.1) is 25.4 Å². The van der Waals surface area contributed by atoms with Gasteiger partial charge in [0.1, 0.15) is 0 Å². The summed E-state index contributed by atoms with van der Waals surface area (Å²) in [6, 6.07) is 0.0323. The van der Waals surface area contributed by atoms with E-state index in [1.54, 1.807) is 0 Å². The molecule has 5 heteroatoms. The summed E-state index contributed by atoms with van der Waals surface area (Å²) in [4.78, 5) is 13.9. The fourth-order valence-corrected chi connectivity index (χ4v) is 2.41. The second kappa shape index (κ2) is 5.89. The topological polar surface area (TPSA) is 50.8 Å². The fourth-order valence-electron chi connectivity index (χ4n) is 2.41. The van der Waals surface area contributed by atoms with Crippen LogP contribution in [0.15, 0.2) is 0 Å². The molecule has 2 aliphatic rings. The number of urea groups is 1. The summed E-state index contributed by atoms with van der Waals surface area (Å²) in [7, 11) is 0. The van der Waals surface area contributed by atoms with E-state index >= 15 is 0 Å². The van der Waals surface area contributed by atoms with Gasteiger partial charge in [0.2, 0.25) is 0 Å². The molecule has 2 amide bonds. The largest absolute Gasteiger partial charge is 0.381 e. The molecule has 0 spiro atoms. The molecule has 2 saturated heterocycles. The van der Waals surface area contributed by atoms with Crippen LogP contribution in [0.4, 0.5) is 4.79 Å². The number of carbonyl (C=O) groups is 1. The molecule has 1 N–H and O–H groups in total. The van der Waals surface area contributed by atoms with Crippen LogP contribution in [-0.4, -0.2) is 56.0 Å². The van der Waals surface area contributed by atoms with Crippen molar-refractivity contribution in [1.29, 1.82) is 0 Å². The van der Waals surface area contributed by atoms with E-state index in [1.165, 1.54) is 0 Å².